The molecule has 3 rings (SSSR count). The molecule has 5 heteroatoms. The van der Waals surface area contributed by atoms with E-state index < -0.39 is 0 Å². The van der Waals surface area contributed by atoms with E-state index in [0.29, 0.717) is 11.4 Å². The largest absolute Gasteiger partial charge is 0.495 e. The van der Waals surface area contributed by atoms with Gasteiger partial charge in [-0.2, -0.15) is 0 Å². The van der Waals surface area contributed by atoms with Gasteiger partial charge in [0.2, 0.25) is 5.91 Å². The predicted octanol–water partition coefficient (Wildman–Crippen LogP) is 3.93. The SMILES string of the molecule is COc1ccc(N2CCCCC2)cc1NC(=O)C(c1ccccc1)N(C)C. The van der Waals surface area contributed by atoms with E-state index in [4.69, 9.17) is 4.74 Å². The Morgan fingerprint density at radius 3 is 2.41 bits per heavy atom. The molecule has 1 N–H and O–H groups in total. The molecule has 1 unspecified atom stereocenters. The third-order valence-electron chi connectivity index (χ3n) is 5.04. The molecule has 1 fully saturated rings. The van der Waals surface area contributed by atoms with Crippen LogP contribution in [-0.4, -0.2) is 45.1 Å². The number of ether oxygens (including phenoxy) is 1. The highest BCUT2D eigenvalue weighted by Crippen LogP contribution is 2.32. The van der Waals surface area contributed by atoms with Crippen LogP contribution in [0, 0.1) is 0 Å². The van der Waals surface area contributed by atoms with Gasteiger partial charge >= 0.3 is 0 Å². The fourth-order valence-electron chi connectivity index (χ4n) is 3.66. The second-order valence-electron chi connectivity index (χ2n) is 7.20. The van der Waals surface area contributed by atoms with E-state index in [-0.39, 0.29) is 11.9 Å². The van der Waals surface area contributed by atoms with Crippen LogP contribution in [0.5, 0.6) is 5.75 Å². The lowest BCUT2D eigenvalue weighted by molar-refractivity contribution is -0.120. The van der Waals surface area contributed by atoms with Crippen molar-refractivity contribution in [3.63, 3.8) is 0 Å². The summed E-state index contributed by atoms with van der Waals surface area (Å²) in [5, 5.41) is 3.09. The Hall–Kier alpha value is -2.53. The molecular weight excluding hydrogens is 338 g/mol. The predicted molar refractivity (Wildman–Crippen MR) is 111 cm³/mol. The zero-order valence-electron chi connectivity index (χ0n) is 16.4. The summed E-state index contributed by atoms with van der Waals surface area (Å²) in [6, 6.07) is 15.5. The van der Waals surface area contributed by atoms with E-state index >= 15 is 0 Å². The van der Waals surface area contributed by atoms with E-state index in [1.165, 1.54) is 19.3 Å². The van der Waals surface area contributed by atoms with Gasteiger partial charge in [0.25, 0.3) is 0 Å². The van der Waals surface area contributed by atoms with E-state index in [1.54, 1.807) is 7.11 Å². The number of carbonyl (C=O) groups excluding carboxylic acids is 1. The third-order valence-corrected chi connectivity index (χ3v) is 5.04. The summed E-state index contributed by atoms with van der Waals surface area (Å²) in [5.74, 6) is 0.606. The number of anilines is 2. The highest BCUT2D eigenvalue weighted by molar-refractivity contribution is 5.97. The zero-order chi connectivity index (χ0) is 19.2. The van der Waals surface area contributed by atoms with Crippen LogP contribution in [0.4, 0.5) is 11.4 Å². The summed E-state index contributed by atoms with van der Waals surface area (Å²) < 4.78 is 5.49. The number of likely N-dealkylation sites (N-methyl/N-ethyl adjacent to an activating group) is 1. The van der Waals surface area contributed by atoms with Gasteiger partial charge in [0.1, 0.15) is 11.8 Å². The average molecular weight is 367 g/mol. The standard InChI is InChI=1S/C22H29N3O2/c1-24(2)21(17-10-6-4-7-11-17)22(26)23-19-16-18(12-13-20(19)27-3)25-14-8-5-9-15-25/h4,6-7,10-13,16,21H,5,8-9,14-15H2,1-3H3,(H,23,26). The average Bonchev–Trinajstić information content (AvgIpc) is 2.69. The molecular formula is C22H29N3O2. The van der Waals surface area contributed by atoms with Crippen molar-refractivity contribution in [2.24, 2.45) is 0 Å². The number of hydrogen-bond donors (Lipinski definition) is 1. The normalized spacial score (nSPS) is 15.5. The molecule has 1 heterocycles. The van der Waals surface area contributed by atoms with Crippen LogP contribution in [-0.2, 0) is 4.79 Å². The summed E-state index contributed by atoms with van der Waals surface area (Å²) >= 11 is 0. The Kier molecular flexibility index (Phi) is 6.35. The Bertz CT molecular complexity index is 755. The van der Waals surface area contributed by atoms with E-state index in [1.807, 2.05) is 61.5 Å². The van der Waals surface area contributed by atoms with Crippen molar-refractivity contribution in [3.05, 3.63) is 54.1 Å². The molecule has 2 aromatic rings. The van der Waals surface area contributed by atoms with Crippen molar-refractivity contribution in [1.29, 1.82) is 0 Å². The summed E-state index contributed by atoms with van der Waals surface area (Å²) in [4.78, 5) is 17.4. The van der Waals surface area contributed by atoms with Crippen molar-refractivity contribution >= 4 is 17.3 Å². The quantitative estimate of drug-likeness (QED) is 0.840. The first-order valence-electron chi connectivity index (χ1n) is 9.55. The molecule has 1 atom stereocenters. The second kappa shape index (κ2) is 8.91. The van der Waals surface area contributed by atoms with Crippen LogP contribution in [0.15, 0.2) is 48.5 Å². The number of piperidine rings is 1. The first-order chi connectivity index (χ1) is 13.1. The van der Waals surface area contributed by atoms with Gasteiger partial charge in [-0.3, -0.25) is 9.69 Å². The van der Waals surface area contributed by atoms with Gasteiger partial charge in [-0.05, 0) is 57.1 Å². The maximum absolute atomic E-state index is 13.1. The minimum atomic E-state index is -0.366. The first kappa shape index (κ1) is 19.2. The van der Waals surface area contributed by atoms with Crippen molar-refractivity contribution < 1.29 is 9.53 Å². The minimum Gasteiger partial charge on any atom is -0.495 e. The summed E-state index contributed by atoms with van der Waals surface area (Å²) in [6.07, 6.45) is 3.71. The van der Waals surface area contributed by atoms with Crippen LogP contribution >= 0.6 is 0 Å². The Balaban J connectivity index is 1.85. The van der Waals surface area contributed by atoms with Gasteiger partial charge in [0, 0.05) is 18.8 Å². The number of rotatable bonds is 6. The molecule has 0 saturated carbocycles. The van der Waals surface area contributed by atoms with Crippen LogP contribution < -0.4 is 15.0 Å². The molecule has 144 valence electrons. The highest BCUT2D eigenvalue weighted by atomic mass is 16.5. The molecule has 0 aromatic heterocycles. The maximum atomic E-state index is 13.1. The zero-order valence-corrected chi connectivity index (χ0v) is 16.4. The third kappa shape index (κ3) is 4.61. The van der Waals surface area contributed by atoms with Gasteiger partial charge in [0.05, 0.1) is 12.8 Å². The molecule has 1 aliphatic heterocycles. The molecule has 0 spiro atoms. The highest BCUT2D eigenvalue weighted by Gasteiger charge is 2.24. The lowest BCUT2D eigenvalue weighted by Crippen LogP contribution is -2.32. The first-order valence-corrected chi connectivity index (χ1v) is 9.55. The molecule has 0 radical (unpaired) electrons. The molecule has 0 bridgehead atoms. The van der Waals surface area contributed by atoms with E-state index in [9.17, 15) is 4.79 Å². The number of carbonyl (C=O) groups is 1. The van der Waals surface area contributed by atoms with Crippen molar-refractivity contribution in [2.45, 2.75) is 25.3 Å². The Morgan fingerprint density at radius 2 is 1.78 bits per heavy atom. The number of amides is 1. The number of methoxy groups -OCH3 is 1. The smallest absolute Gasteiger partial charge is 0.246 e. The fraction of sp³-hybridized carbons (Fsp3) is 0.409. The van der Waals surface area contributed by atoms with E-state index in [0.717, 1.165) is 24.3 Å². The topological polar surface area (TPSA) is 44.8 Å². The van der Waals surface area contributed by atoms with Crippen molar-refractivity contribution in [3.8, 4) is 5.75 Å². The summed E-state index contributed by atoms with van der Waals surface area (Å²) in [5.41, 5.74) is 2.81. The monoisotopic (exact) mass is 367 g/mol. The minimum absolute atomic E-state index is 0.0692. The van der Waals surface area contributed by atoms with Gasteiger partial charge in [-0.1, -0.05) is 30.3 Å². The molecule has 1 amide bonds. The molecule has 5 nitrogen and oxygen atoms in total. The Morgan fingerprint density at radius 1 is 1.07 bits per heavy atom. The lowest BCUT2D eigenvalue weighted by Gasteiger charge is -2.30. The second-order valence-corrected chi connectivity index (χ2v) is 7.20. The van der Waals surface area contributed by atoms with Crippen LogP contribution in [0.3, 0.4) is 0 Å². The van der Waals surface area contributed by atoms with E-state index in [2.05, 4.69) is 16.3 Å². The maximum Gasteiger partial charge on any atom is 0.246 e. The molecule has 0 aliphatic carbocycles. The van der Waals surface area contributed by atoms with Gasteiger partial charge in [-0.25, -0.2) is 0 Å². The lowest BCUT2D eigenvalue weighted by atomic mass is 10.0. The molecule has 2 aromatic carbocycles. The van der Waals surface area contributed by atoms with Gasteiger partial charge < -0.3 is 15.0 Å². The molecule has 1 saturated heterocycles. The molecule has 27 heavy (non-hydrogen) atoms. The summed E-state index contributed by atoms with van der Waals surface area (Å²) in [6.45, 7) is 2.12. The fourth-order valence-corrected chi connectivity index (χ4v) is 3.66. The van der Waals surface area contributed by atoms with Gasteiger partial charge in [0.15, 0.2) is 0 Å². The van der Waals surface area contributed by atoms with Crippen LogP contribution in [0.25, 0.3) is 0 Å². The van der Waals surface area contributed by atoms with Gasteiger partial charge in [-0.15, -0.1) is 0 Å². The Labute approximate surface area is 161 Å². The van der Waals surface area contributed by atoms with Crippen LogP contribution in [0.2, 0.25) is 0 Å². The number of hydrogen-bond acceptors (Lipinski definition) is 4. The van der Waals surface area contributed by atoms with Crippen molar-refractivity contribution in [2.75, 3.05) is 44.5 Å². The number of nitrogens with one attached hydrogen (secondary N) is 1. The van der Waals surface area contributed by atoms with Crippen molar-refractivity contribution in [1.82, 2.24) is 4.90 Å². The number of benzene rings is 2. The number of nitrogens with zero attached hydrogens (tertiary/aromatic N) is 2. The summed E-state index contributed by atoms with van der Waals surface area (Å²) in [7, 11) is 5.46. The van der Waals surface area contributed by atoms with Crippen LogP contribution in [0.1, 0.15) is 30.9 Å². The molecule has 1 aliphatic rings.